The second-order valence-electron chi connectivity index (χ2n) is 6.20. The van der Waals surface area contributed by atoms with Gasteiger partial charge in [0, 0.05) is 24.7 Å². The minimum absolute atomic E-state index is 0.0130. The molecule has 0 amide bonds. The van der Waals surface area contributed by atoms with E-state index < -0.39 is 21.6 Å². The van der Waals surface area contributed by atoms with Gasteiger partial charge in [-0.1, -0.05) is 0 Å². The highest BCUT2D eigenvalue weighted by molar-refractivity contribution is 7.91. The summed E-state index contributed by atoms with van der Waals surface area (Å²) in [6.07, 6.45) is -2.41. The van der Waals surface area contributed by atoms with Gasteiger partial charge in [-0.25, -0.2) is 8.42 Å². The predicted octanol–water partition coefficient (Wildman–Crippen LogP) is 2.92. The zero-order valence-corrected chi connectivity index (χ0v) is 14.3. The van der Waals surface area contributed by atoms with E-state index >= 15 is 0 Å². The minimum Gasteiger partial charge on any atom is -0.493 e. The lowest BCUT2D eigenvalue weighted by Gasteiger charge is -2.14. The third-order valence-electron chi connectivity index (χ3n) is 4.06. The Kier molecular flexibility index (Phi) is 4.52. The van der Waals surface area contributed by atoms with E-state index in [4.69, 9.17) is 4.74 Å². The van der Waals surface area contributed by atoms with Crippen molar-refractivity contribution < 1.29 is 26.3 Å². The molecular weight excluding hydrogens is 357 g/mol. The zero-order chi connectivity index (χ0) is 18.2. The summed E-state index contributed by atoms with van der Waals surface area (Å²) in [5, 5.41) is 4.12. The molecule has 0 aliphatic carbocycles. The van der Waals surface area contributed by atoms with Crippen molar-refractivity contribution >= 4 is 9.84 Å². The molecule has 1 saturated heterocycles. The number of aromatic nitrogens is 2. The van der Waals surface area contributed by atoms with Crippen LogP contribution in [0.1, 0.15) is 12.0 Å². The topological polar surface area (TPSA) is 61.2 Å². The van der Waals surface area contributed by atoms with Crippen molar-refractivity contribution in [3.05, 3.63) is 36.0 Å². The monoisotopic (exact) mass is 374 g/mol. The fraction of sp³-hybridized carbons (Fsp3) is 0.438. The van der Waals surface area contributed by atoms with Gasteiger partial charge in [-0.05, 0) is 30.7 Å². The van der Waals surface area contributed by atoms with Crippen molar-refractivity contribution in [3.63, 3.8) is 0 Å². The van der Waals surface area contributed by atoms with Crippen LogP contribution in [0.3, 0.4) is 0 Å². The molecule has 136 valence electrons. The van der Waals surface area contributed by atoms with Crippen molar-refractivity contribution in [2.45, 2.75) is 12.6 Å². The maximum Gasteiger partial charge on any atom is 0.416 e. The number of alkyl halides is 3. The summed E-state index contributed by atoms with van der Waals surface area (Å²) in [7, 11) is -1.38. The molecular formula is C16H17F3N2O3S. The number of hydrogen-bond donors (Lipinski definition) is 0. The van der Waals surface area contributed by atoms with Crippen LogP contribution in [-0.4, -0.2) is 36.3 Å². The van der Waals surface area contributed by atoms with Gasteiger partial charge in [0.2, 0.25) is 0 Å². The van der Waals surface area contributed by atoms with Gasteiger partial charge < -0.3 is 4.74 Å². The standard InChI is InChI=1S/C16H17F3N2O3S/c1-21-4-2-15(20-21)12-6-13(16(17,18)19)8-14(7-12)24-9-11-3-5-25(22,23)10-11/h2,4,6-8,11H,3,5,9-10H2,1H3. The average Bonchev–Trinajstić information content (AvgIpc) is 3.09. The smallest absolute Gasteiger partial charge is 0.416 e. The van der Waals surface area contributed by atoms with Gasteiger partial charge in [0.1, 0.15) is 5.75 Å². The number of aryl methyl sites for hydroxylation is 1. The van der Waals surface area contributed by atoms with Crippen LogP contribution in [0.2, 0.25) is 0 Å². The molecule has 3 rings (SSSR count). The van der Waals surface area contributed by atoms with Gasteiger partial charge in [0.15, 0.2) is 9.84 Å². The van der Waals surface area contributed by atoms with Gasteiger partial charge in [0.25, 0.3) is 0 Å². The van der Waals surface area contributed by atoms with Crippen LogP contribution in [0.25, 0.3) is 11.3 Å². The summed E-state index contributed by atoms with van der Waals surface area (Å²) in [6.45, 7) is 0.0716. The second kappa shape index (κ2) is 6.36. The normalized spacial score (nSPS) is 19.9. The number of benzene rings is 1. The molecule has 5 nitrogen and oxygen atoms in total. The Hall–Kier alpha value is -2.03. The SMILES string of the molecule is Cn1ccc(-c2cc(OCC3CCS(=O)(=O)C3)cc(C(F)(F)F)c2)n1. The fourth-order valence-corrected chi connectivity index (χ4v) is 4.62. The lowest BCUT2D eigenvalue weighted by atomic mass is 10.1. The predicted molar refractivity (Wildman–Crippen MR) is 85.9 cm³/mol. The van der Waals surface area contributed by atoms with E-state index in [1.807, 2.05) is 0 Å². The Balaban J connectivity index is 1.85. The Labute approximate surface area is 143 Å². The summed E-state index contributed by atoms with van der Waals surface area (Å²) in [4.78, 5) is 0. The van der Waals surface area contributed by atoms with Gasteiger partial charge in [0.05, 0.1) is 29.4 Å². The Morgan fingerprint density at radius 1 is 1.32 bits per heavy atom. The zero-order valence-electron chi connectivity index (χ0n) is 13.5. The van der Waals surface area contributed by atoms with Crippen molar-refractivity contribution in [2.75, 3.05) is 18.1 Å². The number of nitrogens with zero attached hydrogens (tertiary/aromatic N) is 2. The van der Waals surface area contributed by atoms with Crippen LogP contribution in [-0.2, 0) is 23.1 Å². The molecule has 1 aliphatic rings. The summed E-state index contributed by atoms with van der Waals surface area (Å²) in [5.74, 6) is -0.0281. The van der Waals surface area contributed by atoms with Crippen LogP contribution in [0.5, 0.6) is 5.75 Å². The van der Waals surface area contributed by atoms with Gasteiger partial charge in [-0.2, -0.15) is 18.3 Å². The molecule has 9 heteroatoms. The molecule has 1 unspecified atom stereocenters. The van der Waals surface area contributed by atoms with Crippen LogP contribution in [0, 0.1) is 5.92 Å². The van der Waals surface area contributed by atoms with Gasteiger partial charge in [-0.3, -0.25) is 4.68 Å². The van der Waals surface area contributed by atoms with Crippen molar-refractivity contribution in [2.24, 2.45) is 13.0 Å². The van der Waals surface area contributed by atoms with Crippen LogP contribution >= 0.6 is 0 Å². The molecule has 0 radical (unpaired) electrons. The Morgan fingerprint density at radius 2 is 2.08 bits per heavy atom. The molecule has 0 N–H and O–H groups in total. The molecule has 1 aliphatic heterocycles. The van der Waals surface area contributed by atoms with Crippen molar-refractivity contribution in [1.29, 1.82) is 0 Å². The second-order valence-corrected chi connectivity index (χ2v) is 8.43. The Morgan fingerprint density at radius 3 is 2.64 bits per heavy atom. The third-order valence-corrected chi connectivity index (χ3v) is 5.89. The summed E-state index contributed by atoms with van der Waals surface area (Å²) >= 11 is 0. The maximum absolute atomic E-state index is 13.2. The van der Waals surface area contributed by atoms with Crippen molar-refractivity contribution in [1.82, 2.24) is 9.78 Å². The Bertz CT molecular complexity index is 875. The lowest BCUT2D eigenvalue weighted by Crippen LogP contribution is -2.14. The molecule has 0 saturated carbocycles. The van der Waals surface area contributed by atoms with Gasteiger partial charge in [-0.15, -0.1) is 0 Å². The first kappa shape index (κ1) is 17.8. The number of hydrogen-bond acceptors (Lipinski definition) is 4. The summed E-state index contributed by atoms with van der Waals surface area (Å²) in [6, 6.07) is 5.05. The van der Waals surface area contributed by atoms with E-state index in [1.165, 1.54) is 10.7 Å². The van der Waals surface area contributed by atoms with E-state index in [9.17, 15) is 21.6 Å². The van der Waals surface area contributed by atoms with E-state index in [1.54, 1.807) is 19.3 Å². The van der Waals surface area contributed by atoms with Crippen LogP contribution < -0.4 is 4.74 Å². The first-order valence-corrected chi connectivity index (χ1v) is 9.50. The summed E-state index contributed by atoms with van der Waals surface area (Å²) in [5.41, 5.74) is -0.129. The van der Waals surface area contributed by atoms with E-state index in [-0.39, 0.29) is 29.8 Å². The highest BCUT2D eigenvalue weighted by Crippen LogP contribution is 2.35. The molecule has 2 heterocycles. The highest BCUT2D eigenvalue weighted by Gasteiger charge is 2.32. The first-order chi connectivity index (χ1) is 11.6. The quantitative estimate of drug-likeness (QED) is 0.826. The molecule has 25 heavy (non-hydrogen) atoms. The average molecular weight is 374 g/mol. The van der Waals surface area contributed by atoms with Crippen molar-refractivity contribution in [3.8, 4) is 17.0 Å². The molecule has 1 fully saturated rings. The summed E-state index contributed by atoms with van der Waals surface area (Å²) < 4.78 is 69.4. The molecule has 0 spiro atoms. The number of ether oxygens (including phenoxy) is 1. The number of sulfone groups is 1. The maximum atomic E-state index is 13.2. The molecule has 1 aromatic heterocycles. The first-order valence-electron chi connectivity index (χ1n) is 7.68. The van der Waals surface area contributed by atoms with Crippen LogP contribution in [0.15, 0.2) is 30.5 Å². The van der Waals surface area contributed by atoms with E-state index in [2.05, 4.69) is 5.10 Å². The van der Waals surface area contributed by atoms with Gasteiger partial charge >= 0.3 is 6.18 Å². The molecule has 2 aromatic rings. The van der Waals surface area contributed by atoms with Crippen LogP contribution in [0.4, 0.5) is 13.2 Å². The third kappa shape index (κ3) is 4.33. The number of rotatable bonds is 4. The lowest BCUT2D eigenvalue weighted by molar-refractivity contribution is -0.137. The molecule has 0 bridgehead atoms. The van der Waals surface area contributed by atoms with E-state index in [0.717, 1.165) is 12.1 Å². The minimum atomic E-state index is -4.51. The fourth-order valence-electron chi connectivity index (χ4n) is 2.78. The molecule has 1 aromatic carbocycles. The highest BCUT2D eigenvalue weighted by atomic mass is 32.2. The largest absolute Gasteiger partial charge is 0.493 e. The number of halogens is 3. The van der Waals surface area contributed by atoms with E-state index in [0.29, 0.717) is 17.7 Å². The molecule has 1 atom stereocenters.